The van der Waals surface area contributed by atoms with Gasteiger partial charge >= 0.3 is 0 Å². The van der Waals surface area contributed by atoms with E-state index in [0.717, 1.165) is 25.7 Å². The predicted octanol–water partition coefficient (Wildman–Crippen LogP) is 2.70. The van der Waals surface area contributed by atoms with Crippen molar-refractivity contribution in [1.82, 2.24) is 5.32 Å². The zero-order valence-electron chi connectivity index (χ0n) is 14.1. The molecule has 0 saturated heterocycles. The van der Waals surface area contributed by atoms with Gasteiger partial charge in [0.15, 0.2) is 0 Å². The molecule has 0 unspecified atom stereocenters. The number of amides is 2. The minimum absolute atomic E-state index is 0.0867. The van der Waals surface area contributed by atoms with Gasteiger partial charge in [-0.3, -0.25) is 9.59 Å². The maximum Gasteiger partial charge on any atom is 0.251 e. The van der Waals surface area contributed by atoms with Crippen LogP contribution in [0.5, 0.6) is 0 Å². The Morgan fingerprint density at radius 3 is 2.39 bits per heavy atom. The van der Waals surface area contributed by atoms with Crippen LogP contribution < -0.4 is 10.6 Å². The quantitative estimate of drug-likeness (QED) is 0.802. The number of aliphatic hydroxyl groups excluding tert-OH is 1. The molecule has 2 amide bonds. The third kappa shape index (κ3) is 5.06. The lowest BCUT2D eigenvalue weighted by molar-refractivity contribution is -0.123. The summed E-state index contributed by atoms with van der Waals surface area (Å²) in [5.74, 6) is -0.227. The summed E-state index contributed by atoms with van der Waals surface area (Å²) in [6.07, 6.45) is 2.82. The van der Waals surface area contributed by atoms with Crippen LogP contribution in [0.2, 0.25) is 0 Å². The van der Waals surface area contributed by atoms with E-state index in [1.807, 2.05) is 20.8 Å². The minimum Gasteiger partial charge on any atom is -0.393 e. The molecule has 1 saturated carbocycles. The third-order valence-electron chi connectivity index (χ3n) is 4.10. The van der Waals surface area contributed by atoms with Crippen molar-refractivity contribution in [3.05, 3.63) is 29.8 Å². The normalized spacial score (nSPS) is 21.6. The fourth-order valence-corrected chi connectivity index (χ4v) is 2.55. The Hall–Kier alpha value is -1.88. The van der Waals surface area contributed by atoms with Crippen LogP contribution in [0, 0.1) is 5.41 Å². The van der Waals surface area contributed by atoms with Crippen LogP contribution in [-0.2, 0) is 4.79 Å². The second-order valence-electron chi connectivity index (χ2n) is 7.26. The molecule has 1 aliphatic rings. The van der Waals surface area contributed by atoms with Crippen LogP contribution in [0.4, 0.5) is 5.69 Å². The van der Waals surface area contributed by atoms with Crippen LogP contribution in [0.15, 0.2) is 24.3 Å². The highest BCUT2D eigenvalue weighted by molar-refractivity contribution is 5.98. The standard InChI is InChI=1S/C18H26N2O3/c1-18(2,3)17(23)20-14-6-4-5-12(11-14)16(22)19-13-7-9-15(21)10-8-13/h4-6,11,13,15,21H,7-10H2,1-3H3,(H,19,22)(H,20,23). The van der Waals surface area contributed by atoms with E-state index < -0.39 is 5.41 Å². The summed E-state index contributed by atoms with van der Waals surface area (Å²) in [4.78, 5) is 24.4. The van der Waals surface area contributed by atoms with E-state index in [2.05, 4.69) is 10.6 Å². The Morgan fingerprint density at radius 2 is 1.78 bits per heavy atom. The molecule has 0 aromatic heterocycles. The number of hydrogen-bond acceptors (Lipinski definition) is 3. The molecular weight excluding hydrogens is 292 g/mol. The molecular formula is C18H26N2O3. The van der Waals surface area contributed by atoms with Crippen LogP contribution >= 0.6 is 0 Å². The average molecular weight is 318 g/mol. The summed E-state index contributed by atoms with van der Waals surface area (Å²) in [7, 11) is 0. The number of anilines is 1. The topological polar surface area (TPSA) is 78.4 Å². The highest BCUT2D eigenvalue weighted by Gasteiger charge is 2.23. The van der Waals surface area contributed by atoms with Gasteiger partial charge in [-0.15, -0.1) is 0 Å². The Labute approximate surface area is 137 Å². The molecule has 0 atom stereocenters. The van der Waals surface area contributed by atoms with Gasteiger partial charge in [0, 0.05) is 22.7 Å². The van der Waals surface area contributed by atoms with E-state index in [-0.39, 0.29) is 24.0 Å². The Bertz CT molecular complexity index is 570. The lowest BCUT2D eigenvalue weighted by Crippen LogP contribution is -2.38. The van der Waals surface area contributed by atoms with Gasteiger partial charge in [-0.25, -0.2) is 0 Å². The lowest BCUT2D eigenvalue weighted by Gasteiger charge is -2.26. The maximum atomic E-state index is 12.3. The average Bonchev–Trinajstić information content (AvgIpc) is 2.49. The number of benzene rings is 1. The third-order valence-corrected chi connectivity index (χ3v) is 4.10. The van der Waals surface area contributed by atoms with Crippen molar-refractivity contribution in [1.29, 1.82) is 0 Å². The van der Waals surface area contributed by atoms with Crippen LogP contribution in [-0.4, -0.2) is 29.1 Å². The van der Waals surface area contributed by atoms with Gasteiger partial charge in [0.05, 0.1) is 6.10 Å². The summed E-state index contributed by atoms with van der Waals surface area (Å²) in [6.45, 7) is 5.53. The van der Waals surface area contributed by atoms with Crippen LogP contribution in [0.25, 0.3) is 0 Å². The molecule has 126 valence electrons. The Kier molecular flexibility index (Phi) is 5.42. The molecule has 1 aliphatic carbocycles. The van der Waals surface area contributed by atoms with Crippen molar-refractivity contribution in [3.63, 3.8) is 0 Å². The van der Waals surface area contributed by atoms with Crippen molar-refractivity contribution in [2.75, 3.05) is 5.32 Å². The van der Waals surface area contributed by atoms with Gasteiger partial charge in [-0.05, 0) is 43.9 Å². The van der Waals surface area contributed by atoms with Gasteiger partial charge in [-0.2, -0.15) is 0 Å². The van der Waals surface area contributed by atoms with Gasteiger partial charge in [0.25, 0.3) is 5.91 Å². The number of carbonyl (C=O) groups excluding carboxylic acids is 2. The van der Waals surface area contributed by atoms with Gasteiger partial charge in [0.1, 0.15) is 0 Å². The molecule has 0 heterocycles. The van der Waals surface area contributed by atoms with Gasteiger partial charge < -0.3 is 15.7 Å². The minimum atomic E-state index is -0.485. The van der Waals surface area contributed by atoms with Crippen molar-refractivity contribution in [2.24, 2.45) is 5.41 Å². The SMILES string of the molecule is CC(C)(C)C(=O)Nc1cccc(C(=O)NC2CCC(O)CC2)c1. The fourth-order valence-electron chi connectivity index (χ4n) is 2.55. The van der Waals surface area contributed by atoms with E-state index in [1.165, 1.54) is 0 Å². The smallest absolute Gasteiger partial charge is 0.251 e. The first-order chi connectivity index (χ1) is 10.8. The molecule has 1 fully saturated rings. The molecule has 23 heavy (non-hydrogen) atoms. The first-order valence-electron chi connectivity index (χ1n) is 8.16. The zero-order chi connectivity index (χ0) is 17.0. The van der Waals surface area contributed by atoms with E-state index in [9.17, 15) is 14.7 Å². The van der Waals surface area contributed by atoms with E-state index >= 15 is 0 Å². The number of nitrogens with one attached hydrogen (secondary N) is 2. The second-order valence-corrected chi connectivity index (χ2v) is 7.26. The molecule has 0 aliphatic heterocycles. The number of hydrogen-bond donors (Lipinski definition) is 3. The summed E-state index contributed by atoms with van der Waals surface area (Å²) in [6, 6.07) is 7.07. The Balaban J connectivity index is 1.98. The summed E-state index contributed by atoms with van der Waals surface area (Å²) in [5, 5.41) is 15.3. The molecule has 0 spiro atoms. The molecule has 1 aromatic rings. The number of aliphatic hydroxyl groups is 1. The van der Waals surface area contributed by atoms with Crippen molar-refractivity contribution < 1.29 is 14.7 Å². The molecule has 5 heteroatoms. The second kappa shape index (κ2) is 7.13. The number of carbonyl (C=O) groups is 2. The van der Waals surface area contributed by atoms with E-state index in [0.29, 0.717) is 11.3 Å². The highest BCUT2D eigenvalue weighted by Crippen LogP contribution is 2.20. The first-order valence-corrected chi connectivity index (χ1v) is 8.16. The van der Waals surface area contributed by atoms with E-state index in [4.69, 9.17) is 0 Å². The fraction of sp³-hybridized carbons (Fsp3) is 0.556. The highest BCUT2D eigenvalue weighted by atomic mass is 16.3. The molecule has 0 radical (unpaired) electrons. The largest absolute Gasteiger partial charge is 0.393 e. The van der Waals surface area contributed by atoms with Gasteiger partial charge in [-0.1, -0.05) is 26.8 Å². The van der Waals surface area contributed by atoms with Crippen LogP contribution in [0.3, 0.4) is 0 Å². The Morgan fingerprint density at radius 1 is 1.13 bits per heavy atom. The maximum absolute atomic E-state index is 12.3. The molecule has 1 aromatic carbocycles. The number of rotatable bonds is 3. The van der Waals surface area contributed by atoms with E-state index in [1.54, 1.807) is 24.3 Å². The van der Waals surface area contributed by atoms with Crippen molar-refractivity contribution in [3.8, 4) is 0 Å². The monoisotopic (exact) mass is 318 g/mol. The zero-order valence-corrected chi connectivity index (χ0v) is 14.1. The predicted molar refractivity (Wildman–Crippen MR) is 90.3 cm³/mol. The summed E-state index contributed by atoms with van der Waals surface area (Å²) >= 11 is 0. The summed E-state index contributed by atoms with van der Waals surface area (Å²) < 4.78 is 0. The molecule has 0 bridgehead atoms. The summed E-state index contributed by atoms with van der Waals surface area (Å²) in [5.41, 5.74) is 0.667. The first kappa shape index (κ1) is 17.5. The molecule has 5 nitrogen and oxygen atoms in total. The van der Waals surface area contributed by atoms with Gasteiger partial charge in [0.2, 0.25) is 5.91 Å². The lowest BCUT2D eigenvalue weighted by atomic mass is 9.93. The van der Waals surface area contributed by atoms with Crippen molar-refractivity contribution in [2.45, 2.75) is 58.6 Å². The van der Waals surface area contributed by atoms with Crippen LogP contribution in [0.1, 0.15) is 56.8 Å². The molecule has 2 rings (SSSR count). The van der Waals surface area contributed by atoms with Crippen molar-refractivity contribution >= 4 is 17.5 Å². The molecule has 3 N–H and O–H groups in total.